The summed E-state index contributed by atoms with van der Waals surface area (Å²) in [6.45, 7) is 1.89. The van der Waals surface area contributed by atoms with E-state index in [-0.39, 0.29) is 11.3 Å². The third-order valence-corrected chi connectivity index (χ3v) is 4.90. The van der Waals surface area contributed by atoms with Crippen molar-refractivity contribution in [1.29, 1.82) is 0 Å². The molecule has 2 heterocycles. The Labute approximate surface area is 177 Å². The first kappa shape index (κ1) is 20.1. The maximum atomic E-state index is 13.6. The predicted octanol–water partition coefficient (Wildman–Crippen LogP) is 3.60. The number of carbonyl (C=O) groups excluding carboxylic acids is 3. The molecule has 0 atom stereocenters. The summed E-state index contributed by atoms with van der Waals surface area (Å²) < 4.78 is 20.7. The van der Waals surface area contributed by atoms with Crippen LogP contribution in [0.1, 0.15) is 11.4 Å². The number of methoxy groups -OCH3 is 1. The number of halogens is 1. The Morgan fingerprint density at radius 2 is 1.71 bits per heavy atom. The number of aryl methyl sites for hydroxylation is 1. The molecule has 8 heteroatoms. The zero-order valence-electron chi connectivity index (χ0n) is 16.8. The molecule has 0 spiro atoms. The van der Waals surface area contributed by atoms with E-state index in [0.717, 1.165) is 22.3 Å². The van der Waals surface area contributed by atoms with Gasteiger partial charge in [0.05, 0.1) is 12.8 Å². The number of carbonyl (C=O) groups is 3. The molecule has 0 bridgehead atoms. The van der Waals surface area contributed by atoms with Crippen LogP contribution in [0.2, 0.25) is 0 Å². The van der Waals surface area contributed by atoms with Crippen molar-refractivity contribution in [3.63, 3.8) is 0 Å². The maximum absolute atomic E-state index is 13.6. The average molecular weight is 419 g/mol. The fourth-order valence-corrected chi connectivity index (χ4v) is 3.41. The van der Waals surface area contributed by atoms with Crippen molar-refractivity contribution in [2.24, 2.45) is 0 Å². The SMILES string of the molecule is COc1ccc(-n2c(C)ccc2/C=C2\C(=O)NC(=O)N(c3cccc(F)c3)C2=O)cc1. The Hall–Kier alpha value is -4.20. The summed E-state index contributed by atoms with van der Waals surface area (Å²) in [5.41, 5.74) is 2.03. The summed E-state index contributed by atoms with van der Waals surface area (Å²) in [7, 11) is 1.57. The first-order valence-electron chi connectivity index (χ1n) is 9.39. The van der Waals surface area contributed by atoms with Crippen LogP contribution < -0.4 is 15.0 Å². The molecule has 156 valence electrons. The van der Waals surface area contributed by atoms with Crippen molar-refractivity contribution < 1.29 is 23.5 Å². The standard InChI is InChI=1S/C23H18FN3O4/c1-14-6-7-18(26(14)16-8-10-19(31-2)11-9-16)13-20-21(28)25-23(30)27(22(20)29)17-5-3-4-15(24)12-17/h3-13H,1-2H3,(H,25,28,30)/b20-13+. The zero-order valence-corrected chi connectivity index (χ0v) is 16.8. The largest absolute Gasteiger partial charge is 0.497 e. The molecule has 7 nitrogen and oxygen atoms in total. The Bertz CT molecular complexity index is 1230. The lowest BCUT2D eigenvalue weighted by molar-refractivity contribution is -0.122. The van der Waals surface area contributed by atoms with E-state index in [2.05, 4.69) is 5.32 Å². The zero-order chi connectivity index (χ0) is 22.1. The molecule has 0 aliphatic carbocycles. The van der Waals surface area contributed by atoms with Crippen molar-refractivity contribution in [3.8, 4) is 11.4 Å². The molecule has 0 unspecified atom stereocenters. The highest BCUT2D eigenvalue weighted by molar-refractivity contribution is 6.39. The summed E-state index contributed by atoms with van der Waals surface area (Å²) in [4.78, 5) is 38.5. The van der Waals surface area contributed by atoms with Crippen molar-refractivity contribution in [2.45, 2.75) is 6.92 Å². The quantitative estimate of drug-likeness (QED) is 0.518. The van der Waals surface area contributed by atoms with Gasteiger partial charge in [-0.15, -0.1) is 0 Å². The fraction of sp³-hybridized carbons (Fsp3) is 0.0870. The lowest BCUT2D eigenvalue weighted by Gasteiger charge is -2.26. The molecular formula is C23H18FN3O4. The minimum atomic E-state index is -0.931. The number of aromatic nitrogens is 1. The predicted molar refractivity (Wildman–Crippen MR) is 112 cm³/mol. The lowest BCUT2D eigenvalue weighted by atomic mass is 10.1. The van der Waals surface area contributed by atoms with E-state index < -0.39 is 23.7 Å². The van der Waals surface area contributed by atoms with Crippen LogP contribution in [-0.2, 0) is 9.59 Å². The highest BCUT2D eigenvalue weighted by atomic mass is 19.1. The topological polar surface area (TPSA) is 80.6 Å². The van der Waals surface area contributed by atoms with Gasteiger partial charge in [0, 0.05) is 17.1 Å². The van der Waals surface area contributed by atoms with Crippen LogP contribution in [0.5, 0.6) is 5.75 Å². The highest BCUT2D eigenvalue weighted by Gasteiger charge is 2.37. The molecule has 1 aliphatic heterocycles. The molecule has 1 aromatic heterocycles. The Kier molecular flexibility index (Phi) is 5.12. The van der Waals surface area contributed by atoms with Gasteiger partial charge in [0.25, 0.3) is 11.8 Å². The summed E-state index contributed by atoms with van der Waals surface area (Å²) in [6.07, 6.45) is 1.41. The van der Waals surface area contributed by atoms with Crippen molar-refractivity contribution >= 4 is 29.6 Å². The number of hydrogen-bond donors (Lipinski definition) is 1. The second-order valence-electron chi connectivity index (χ2n) is 6.87. The maximum Gasteiger partial charge on any atom is 0.335 e. The van der Waals surface area contributed by atoms with Gasteiger partial charge in [-0.2, -0.15) is 0 Å². The van der Waals surface area contributed by atoms with Gasteiger partial charge in [-0.1, -0.05) is 6.07 Å². The summed E-state index contributed by atoms with van der Waals surface area (Å²) in [5.74, 6) is -1.56. The number of urea groups is 1. The summed E-state index contributed by atoms with van der Waals surface area (Å²) in [6, 6.07) is 15.0. The number of amides is 4. The first-order chi connectivity index (χ1) is 14.9. The van der Waals surface area contributed by atoms with Crippen LogP contribution in [0.25, 0.3) is 11.8 Å². The number of rotatable bonds is 4. The molecule has 1 saturated heterocycles. The number of ether oxygens (including phenoxy) is 1. The van der Waals surface area contributed by atoms with Crippen molar-refractivity contribution in [3.05, 3.63) is 83.4 Å². The number of nitrogens with one attached hydrogen (secondary N) is 1. The number of barbiturate groups is 1. The molecule has 31 heavy (non-hydrogen) atoms. The van der Waals surface area contributed by atoms with E-state index in [4.69, 9.17) is 4.74 Å². The van der Waals surface area contributed by atoms with Crippen LogP contribution in [0.15, 0.2) is 66.2 Å². The molecule has 0 saturated carbocycles. The number of benzene rings is 2. The smallest absolute Gasteiger partial charge is 0.335 e. The van der Waals surface area contributed by atoms with Gasteiger partial charge < -0.3 is 9.30 Å². The minimum Gasteiger partial charge on any atom is -0.497 e. The number of anilines is 1. The normalized spacial score (nSPS) is 15.4. The first-order valence-corrected chi connectivity index (χ1v) is 9.39. The van der Waals surface area contributed by atoms with Crippen molar-refractivity contribution in [1.82, 2.24) is 9.88 Å². The van der Waals surface area contributed by atoms with E-state index in [0.29, 0.717) is 11.4 Å². The van der Waals surface area contributed by atoms with Crippen LogP contribution in [-0.4, -0.2) is 29.5 Å². The van der Waals surface area contributed by atoms with E-state index in [1.807, 2.05) is 29.7 Å². The molecule has 0 radical (unpaired) electrons. The Balaban J connectivity index is 1.76. The molecule has 3 aromatic rings. The third kappa shape index (κ3) is 3.71. The van der Waals surface area contributed by atoms with Crippen LogP contribution >= 0.6 is 0 Å². The fourth-order valence-electron chi connectivity index (χ4n) is 3.41. The van der Waals surface area contributed by atoms with Gasteiger partial charge in [-0.3, -0.25) is 14.9 Å². The Morgan fingerprint density at radius 3 is 2.39 bits per heavy atom. The minimum absolute atomic E-state index is 0.0302. The average Bonchev–Trinajstić information content (AvgIpc) is 3.11. The lowest BCUT2D eigenvalue weighted by Crippen LogP contribution is -2.54. The second kappa shape index (κ2) is 7.91. The van der Waals surface area contributed by atoms with Gasteiger partial charge in [-0.25, -0.2) is 14.1 Å². The molecule has 1 N–H and O–H groups in total. The van der Waals surface area contributed by atoms with E-state index >= 15 is 0 Å². The van der Waals surface area contributed by atoms with Gasteiger partial charge in [0.15, 0.2) is 0 Å². The van der Waals surface area contributed by atoms with Gasteiger partial charge in [0.1, 0.15) is 17.1 Å². The number of imide groups is 2. The van der Waals surface area contributed by atoms with Crippen LogP contribution in [0, 0.1) is 12.7 Å². The third-order valence-electron chi connectivity index (χ3n) is 4.90. The molecule has 4 rings (SSSR count). The number of nitrogens with zero attached hydrogens (tertiary/aromatic N) is 2. The second-order valence-corrected chi connectivity index (χ2v) is 6.87. The molecular weight excluding hydrogens is 401 g/mol. The van der Waals surface area contributed by atoms with Gasteiger partial charge in [0.2, 0.25) is 0 Å². The van der Waals surface area contributed by atoms with Gasteiger partial charge in [-0.05, 0) is 67.6 Å². The molecule has 1 fully saturated rings. The van der Waals surface area contributed by atoms with E-state index in [1.54, 1.807) is 25.3 Å². The molecule has 1 aliphatic rings. The van der Waals surface area contributed by atoms with Crippen LogP contribution in [0.3, 0.4) is 0 Å². The van der Waals surface area contributed by atoms with Crippen molar-refractivity contribution in [2.75, 3.05) is 12.0 Å². The number of hydrogen-bond acceptors (Lipinski definition) is 4. The summed E-state index contributed by atoms with van der Waals surface area (Å²) >= 11 is 0. The monoisotopic (exact) mass is 419 g/mol. The highest BCUT2D eigenvalue weighted by Crippen LogP contribution is 2.25. The van der Waals surface area contributed by atoms with Gasteiger partial charge >= 0.3 is 6.03 Å². The van der Waals surface area contributed by atoms with Crippen LogP contribution in [0.4, 0.5) is 14.9 Å². The molecule has 4 amide bonds. The van der Waals surface area contributed by atoms with E-state index in [9.17, 15) is 18.8 Å². The Morgan fingerprint density at radius 1 is 0.968 bits per heavy atom. The molecule has 2 aromatic carbocycles. The van der Waals surface area contributed by atoms with E-state index in [1.165, 1.54) is 24.3 Å². The summed E-state index contributed by atoms with van der Waals surface area (Å²) in [5, 5.41) is 2.14.